The lowest BCUT2D eigenvalue weighted by Crippen LogP contribution is -2.00. The van der Waals surface area contributed by atoms with Crippen LogP contribution in [-0.2, 0) is 6.42 Å². The third-order valence-corrected chi connectivity index (χ3v) is 3.26. The van der Waals surface area contributed by atoms with Gasteiger partial charge in [-0.05, 0) is 54.3 Å². The molecule has 3 heteroatoms. The van der Waals surface area contributed by atoms with Crippen LogP contribution < -0.4 is 5.73 Å². The summed E-state index contributed by atoms with van der Waals surface area (Å²) in [5.41, 5.74) is 8.97. The molecule has 0 aliphatic carbocycles. The van der Waals surface area contributed by atoms with Crippen LogP contribution in [0.25, 0.3) is 11.1 Å². The van der Waals surface area contributed by atoms with E-state index in [2.05, 4.69) is 24.3 Å². The van der Waals surface area contributed by atoms with Crippen LogP contribution in [0.3, 0.4) is 0 Å². The maximum Gasteiger partial charge on any atom is 0.0426 e. The minimum Gasteiger partial charge on any atom is -0.330 e. The van der Waals surface area contributed by atoms with Crippen LogP contribution in [0.1, 0.15) is 12.0 Å². The van der Waals surface area contributed by atoms with E-state index in [9.17, 15) is 0 Å². The highest BCUT2D eigenvalue weighted by Crippen LogP contribution is 2.27. The first-order valence-electron chi connectivity index (χ1n) is 5.94. The van der Waals surface area contributed by atoms with Crippen LogP contribution >= 0.6 is 23.2 Å². The lowest BCUT2D eigenvalue weighted by molar-refractivity contribution is 0.833. The van der Waals surface area contributed by atoms with Crippen molar-refractivity contribution in [3.05, 3.63) is 58.1 Å². The van der Waals surface area contributed by atoms with Crippen molar-refractivity contribution in [1.82, 2.24) is 0 Å². The first kappa shape index (κ1) is 13.4. The first-order valence-corrected chi connectivity index (χ1v) is 6.70. The van der Waals surface area contributed by atoms with Crippen LogP contribution in [0.15, 0.2) is 42.5 Å². The van der Waals surface area contributed by atoms with Gasteiger partial charge in [0.1, 0.15) is 0 Å². The Hall–Kier alpha value is -1.02. The highest BCUT2D eigenvalue weighted by atomic mass is 35.5. The molecule has 0 amide bonds. The smallest absolute Gasteiger partial charge is 0.0426 e. The lowest BCUT2D eigenvalue weighted by atomic mass is 10.0. The Morgan fingerprint density at radius 3 is 2.00 bits per heavy atom. The fourth-order valence-corrected chi connectivity index (χ4v) is 2.42. The van der Waals surface area contributed by atoms with E-state index in [-0.39, 0.29) is 0 Å². The van der Waals surface area contributed by atoms with Crippen LogP contribution in [0.2, 0.25) is 10.0 Å². The van der Waals surface area contributed by atoms with Crippen LogP contribution in [0.5, 0.6) is 0 Å². The van der Waals surface area contributed by atoms with E-state index < -0.39 is 0 Å². The van der Waals surface area contributed by atoms with Crippen molar-refractivity contribution in [2.24, 2.45) is 5.73 Å². The number of halogens is 2. The molecule has 2 aromatic carbocycles. The topological polar surface area (TPSA) is 26.0 Å². The second-order valence-corrected chi connectivity index (χ2v) is 5.12. The summed E-state index contributed by atoms with van der Waals surface area (Å²) in [5, 5.41) is 1.31. The molecular formula is C15H15Cl2N. The van der Waals surface area contributed by atoms with Crippen LogP contribution in [-0.4, -0.2) is 6.54 Å². The van der Waals surface area contributed by atoms with Gasteiger partial charge >= 0.3 is 0 Å². The lowest BCUT2D eigenvalue weighted by Gasteiger charge is -2.05. The normalized spacial score (nSPS) is 10.6. The fourth-order valence-electron chi connectivity index (χ4n) is 1.89. The highest BCUT2D eigenvalue weighted by molar-refractivity contribution is 6.35. The van der Waals surface area contributed by atoms with Gasteiger partial charge in [0.2, 0.25) is 0 Å². The number of nitrogens with two attached hydrogens (primary N) is 1. The van der Waals surface area contributed by atoms with E-state index in [1.165, 1.54) is 5.56 Å². The molecule has 1 nitrogen and oxygen atoms in total. The summed E-state index contributed by atoms with van der Waals surface area (Å²) in [6.07, 6.45) is 2.04. The Labute approximate surface area is 118 Å². The molecule has 0 unspecified atom stereocenters. The van der Waals surface area contributed by atoms with Gasteiger partial charge in [-0.1, -0.05) is 47.5 Å². The van der Waals surface area contributed by atoms with Gasteiger partial charge in [0.25, 0.3) is 0 Å². The standard InChI is InChI=1S/C15H15Cl2N/c16-14-8-13(9-15(17)10-14)12-5-3-11(4-6-12)2-1-7-18/h3-6,8-10H,1-2,7,18H2. The maximum atomic E-state index is 6.00. The molecule has 0 saturated carbocycles. The average Bonchev–Trinajstić information content (AvgIpc) is 2.36. The molecular weight excluding hydrogens is 265 g/mol. The minimum atomic E-state index is 0.657. The second-order valence-electron chi connectivity index (χ2n) is 4.25. The van der Waals surface area contributed by atoms with Crippen molar-refractivity contribution in [2.75, 3.05) is 6.54 Å². The zero-order valence-electron chi connectivity index (χ0n) is 10.00. The quantitative estimate of drug-likeness (QED) is 0.873. The van der Waals surface area contributed by atoms with E-state index in [1.54, 1.807) is 6.07 Å². The van der Waals surface area contributed by atoms with E-state index in [0.29, 0.717) is 10.0 Å². The molecule has 2 aromatic rings. The molecule has 2 N–H and O–H groups in total. The largest absolute Gasteiger partial charge is 0.330 e. The predicted molar refractivity (Wildman–Crippen MR) is 79.3 cm³/mol. The number of hydrogen-bond donors (Lipinski definition) is 1. The van der Waals surface area contributed by atoms with E-state index in [4.69, 9.17) is 28.9 Å². The molecule has 0 aromatic heterocycles. The summed E-state index contributed by atoms with van der Waals surface area (Å²) < 4.78 is 0. The van der Waals surface area contributed by atoms with Crippen molar-refractivity contribution in [2.45, 2.75) is 12.8 Å². The Balaban J connectivity index is 2.23. The highest BCUT2D eigenvalue weighted by Gasteiger charge is 2.01. The Bertz CT molecular complexity index is 500. The SMILES string of the molecule is NCCCc1ccc(-c2cc(Cl)cc(Cl)c2)cc1. The van der Waals surface area contributed by atoms with E-state index >= 15 is 0 Å². The molecule has 18 heavy (non-hydrogen) atoms. The third kappa shape index (κ3) is 3.49. The molecule has 0 radical (unpaired) electrons. The fraction of sp³-hybridized carbons (Fsp3) is 0.200. The summed E-state index contributed by atoms with van der Waals surface area (Å²) >= 11 is 12.0. The molecule has 0 bridgehead atoms. The van der Waals surface area contributed by atoms with Crippen molar-refractivity contribution in [3.63, 3.8) is 0 Å². The monoisotopic (exact) mass is 279 g/mol. The summed E-state index contributed by atoms with van der Waals surface area (Å²) in [5.74, 6) is 0. The van der Waals surface area contributed by atoms with Crippen molar-refractivity contribution in [1.29, 1.82) is 0 Å². The number of hydrogen-bond acceptors (Lipinski definition) is 1. The number of benzene rings is 2. The van der Waals surface area contributed by atoms with Crippen LogP contribution in [0.4, 0.5) is 0 Å². The Kier molecular flexibility index (Phi) is 4.65. The summed E-state index contributed by atoms with van der Waals surface area (Å²) in [4.78, 5) is 0. The Morgan fingerprint density at radius 2 is 1.44 bits per heavy atom. The molecule has 0 aliphatic rings. The van der Waals surface area contributed by atoms with Gasteiger partial charge in [-0.25, -0.2) is 0 Å². The molecule has 0 spiro atoms. The second kappa shape index (κ2) is 6.24. The van der Waals surface area contributed by atoms with Gasteiger partial charge < -0.3 is 5.73 Å². The van der Waals surface area contributed by atoms with Crippen LogP contribution in [0, 0.1) is 0 Å². The molecule has 0 heterocycles. The van der Waals surface area contributed by atoms with Gasteiger partial charge in [0, 0.05) is 10.0 Å². The van der Waals surface area contributed by atoms with Gasteiger partial charge in [-0.15, -0.1) is 0 Å². The van der Waals surface area contributed by atoms with Gasteiger partial charge in [0.15, 0.2) is 0 Å². The summed E-state index contributed by atoms with van der Waals surface area (Å²) in [6.45, 7) is 0.728. The van der Waals surface area contributed by atoms with Crippen molar-refractivity contribution >= 4 is 23.2 Å². The third-order valence-electron chi connectivity index (χ3n) is 2.82. The van der Waals surface area contributed by atoms with Gasteiger partial charge in [0.05, 0.1) is 0 Å². The zero-order chi connectivity index (χ0) is 13.0. The summed E-state index contributed by atoms with van der Waals surface area (Å²) in [7, 11) is 0. The number of rotatable bonds is 4. The van der Waals surface area contributed by atoms with E-state index in [0.717, 1.165) is 30.5 Å². The minimum absolute atomic E-state index is 0.657. The maximum absolute atomic E-state index is 6.00. The first-order chi connectivity index (χ1) is 8.69. The van der Waals surface area contributed by atoms with Crippen molar-refractivity contribution < 1.29 is 0 Å². The molecule has 0 atom stereocenters. The molecule has 0 saturated heterocycles. The average molecular weight is 280 g/mol. The van der Waals surface area contributed by atoms with Gasteiger partial charge in [-0.3, -0.25) is 0 Å². The molecule has 2 rings (SSSR count). The molecule has 0 fully saturated rings. The van der Waals surface area contributed by atoms with E-state index in [1.807, 2.05) is 12.1 Å². The number of aryl methyl sites for hydroxylation is 1. The summed E-state index contributed by atoms with van der Waals surface area (Å²) in [6, 6.07) is 14.0. The predicted octanol–water partition coefficient (Wildman–Crippen LogP) is 4.55. The molecule has 94 valence electrons. The molecule has 0 aliphatic heterocycles. The zero-order valence-corrected chi connectivity index (χ0v) is 11.5. The van der Waals surface area contributed by atoms with Gasteiger partial charge in [-0.2, -0.15) is 0 Å². The Morgan fingerprint density at radius 1 is 0.833 bits per heavy atom. The van der Waals surface area contributed by atoms with Crippen molar-refractivity contribution in [3.8, 4) is 11.1 Å².